The molecule has 0 nitrogen and oxygen atoms in total. The van der Waals surface area contributed by atoms with Gasteiger partial charge in [-0.05, 0) is 24.2 Å². The number of hydrogen-bond donors (Lipinski definition) is 0. The smallest absolute Gasteiger partial charge is 0.0249 e. The summed E-state index contributed by atoms with van der Waals surface area (Å²) in [6, 6.07) is 0. The molecule has 0 saturated heterocycles. The summed E-state index contributed by atoms with van der Waals surface area (Å²) in [6.07, 6.45) is 8.58. The van der Waals surface area contributed by atoms with E-state index in [1.165, 1.54) is 38.5 Å². The zero-order valence-corrected chi connectivity index (χ0v) is 9.82. The van der Waals surface area contributed by atoms with E-state index in [1.807, 2.05) is 0 Å². The Kier molecular flexibility index (Phi) is 5.16. The van der Waals surface area contributed by atoms with E-state index in [4.69, 9.17) is 11.6 Å². The molecule has 0 heterocycles. The quantitative estimate of drug-likeness (QED) is 0.591. The fourth-order valence-electron chi connectivity index (χ4n) is 2.71. The van der Waals surface area contributed by atoms with Gasteiger partial charge in [0.2, 0.25) is 0 Å². The number of hydrogen-bond acceptors (Lipinski definition) is 0. The van der Waals surface area contributed by atoms with E-state index in [9.17, 15) is 0 Å². The molecule has 1 saturated carbocycles. The van der Waals surface area contributed by atoms with Crippen molar-refractivity contribution in [2.75, 3.05) is 5.88 Å². The SMILES string of the molecule is CCC1CCCCC1CC(C)CCl. The van der Waals surface area contributed by atoms with Gasteiger partial charge >= 0.3 is 0 Å². The van der Waals surface area contributed by atoms with Crippen LogP contribution in [0.1, 0.15) is 52.4 Å². The molecule has 0 radical (unpaired) electrons. The summed E-state index contributed by atoms with van der Waals surface area (Å²) in [4.78, 5) is 0. The van der Waals surface area contributed by atoms with E-state index in [0.29, 0.717) is 0 Å². The highest BCUT2D eigenvalue weighted by molar-refractivity contribution is 6.18. The number of alkyl halides is 1. The average Bonchev–Trinajstić information content (AvgIpc) is 2.18. The zero-order valence-electron chi connectivity index (χ0n) is 9.06. The molecule has 0 aromatic carbocycles. The van der Waals surface area contributed by atoms with E-state index in [0.717, 1.165) is 23.6 Å². The third-order valence-corrected chi connectivity index (χ3v) is 4.09. The van der Waals surface area contributed by atoms with E-state index in [2.05, 4.69) is 13.8 Å². The fourth-order valence-corrected chi connectivity index (χ4v) is 2.84. The van der Waals surface area contributed by atoms with Gasteiger partial charge in [0.25, 0.3) is 0 Å². The van der Waals surface area contributed by atoms with Crippen molar-refractivity contribution in [3.8, 4) is 0 Å². The molecule has 0 aromatic heterocycles. The van der Waals surface area contributed by atoms with E-state index >= 15 is 0 Å². The molecular weight excluding hydrogens is 180 g/mol. The lowest BCUT2D eigenvalue weighted by Crippen LogP contribution is -2.21. The Morgan fingerprint density at radius 1 is 1.23 bits per heavy atom. The topological polar surface area (TPSA) is 0 Å². The first kappa shape index (κ1) is 11.4. The van der Waals surface area contributed by atoms with Crippen molar-refractivity contribution in [3.63, 3.8) is 0 Å². The summed E-state index contributed by atoms with van der Waals surface area (Å²) in [6.45, 7) is 4.63. The first-order valence-electron chi connectivity index (χ1n) is 5.83. The molecule has 3 unspecified atom stereocenters. The van der Waals surface area contributed by atoms with Gasteiger partial charge < -0.3 is 0 Å². The molecule has 78 valence electrons. The first-order chi connectivity index (χ1) is 6.27. The van der Waals surface area contributed by atoms with Gasteiger partial charge in [-0.15, -0.1) is 11.6 Å². The monoisotopic (exact) mass is 202 g/mol. The van der Waals surface area contributed by atoms with Gasteiger partial charge in [-0.2, -0.15) is 0 Å². The van der Waals surface area contributed by atoms with Crippen molar-refractivity contribution >= 4 is 11.6 Å². The van der Waals surface area contributed by atoms with Gasteiger partial charge in [-0.3, -0.25) is 0 Å². The summed E-state index contributed by atoms with van der Waals surface area (Å²) >= 11 is 5.86. The predicted octanol–water partition coefficient (Wildman–Crippen LogP) is 4.47. The standard InChI is InChI=1S/C12H23Cl/c1-3-11-6-4-5-7-12(11)8-10(2)9-13/h10-12H,3-9H2,1-2H3. The molecule has 0 aliphatic heterocycles. The molecule has 1 aliphatic rings. The van der Waals surface area contributed by atoms with Gasteiger partial charge in [0.1, 0.15) is 0 Å². The van der Waals surface area contributed by atoms with Crippen LogP contribution in [0.25, 0.3) is 0 Å². The van der Waals surface area contributed by atoms with Crippen LogP contribution in [0, 0.1) is 17.8 Å². The molecule has 1 rings (SSSR count). The van der Waals surface area contributed by atoms with Gasteiger partial charge in [0, 0.05) is 5.88 Å². The number of halogens is 1. The molecule has 1 aliphatic carbocycles. The molecule has 0 bridgehead atoms. The highest BCUT2D eigenvalue weighted by Gasteiger charge is 2.24. The van der Waals surface area contributed by atoms with E-state index < -0.39 is 0 Å². The van der Waals surface area contributed by atoms with Crippen LogP contribution in [0.5, 0.6) is 0 Å². The summed E-state index contributed by atoms with van der Waals surface area (Å²) in [5.41, 5.74) is 0. The normalized spacial score (nSPS) is 31.6. The molecule has 1 fully saturated rings. The first-order valence-corrected chi connectivity index (χ1v) is 6.37. The van der Waals surface area contributed by atoms with Crippen LogP contribution < -0.4 is 0 Å². The maximum Gasteiger partial charge on any atom is 0.0249 e. The van der Waals surface area contributed by atoms with Gasteiger partial charge in [-0.25, -0.2) is 0 Å². The van der Waals surface area contributed by atoms with Crippen molar-refractivity contribution in [1.82, 2.24) is 0 Å². The van der Waals surface area contributed by atoms with Crippen LogP contribution in [0.3, 0.4) is 0 Å². The summed E-state index contributed by atoms with van der Waals surface area (Å²) in [5, 5.41) is 0. The Hall–Kier alpha value is 0.290. The van der Waals surface area contributed by atoms with Crippen molar-refractivity contribution in [3.05, 3.63) is 0 Å². The predicted molar refractivity (Wildman–Crippen MR) is 60.2 cm³/mol. The average molecular weight is 203 g/mol. The van der Waals surface area contributed by atoms with Crippen molar-refractivity contribution in [1.29, 1.82) is 0 Å². The highest BCUT2D eigenvalue weighted by Crippen LogP contribution is 2.36. The lowest BCUT2D eigenvalue weighted by molar-refractivity contribution is 0.199. The van der Waals surface area contributed by atoms with Gasteiger partial charge in [0.15, 0.2) is 0 Å². The molecule has 0 aromatic rings. The number of rotatable bonds is 4. The lowest BCUT2D eigenvalue weighted by Gasteiger charge is -2.32. The highest BCUT2D eigenvalue weighted by atomic mass is 35.5. The Balaban J connectivity index is 2.35. The molecule has 0 amide bonds. The Morgan fingerprint density at radius 2 is 1.85 bits per heavy atom. The van der Waals surface area contributed by atoms with Crippen molar-refractivity contribution in [2.45, 2.75) is 52.4 Å². The van der Waals surface area contributed by atoms with E-state index in [1.54, 1.807) is 0 Å². The molecular formula is C12H23Cl. The maximum absolute atomic E-state index is 5.86. The van der Waals surface area contributed by atoms with Crippen molar-refractivity contribution in [2.24, 2.45) is 17.8 Å². The minimum absolute atomic E-state index is 0.721. The Morgan fingerprint density at radius 3 is 2.38 bits per heavy atom. The third kappa shape index (κ3) is 3.50. The maximum atomic E-state index is 5.86. The summed E-state index contributed by atoms with van der Waals surface area (Å²) in [7, 11) is 0. The summed E-state index contributed by atoms with van der Waals surface area (Å²) < 4.78 is 0. The Bertz CT molecular complexity index is 133. The van der Waals surface area contributed by atoms with Crippen LogP contribution in [-0.4, -0.2) is 5.88 Å². The molecule has 13 heavy (non-hydrogen) atoms. The zero-order chi connectivity index (χ0) is 9.68. The second-order valence-electron chi connectivity index (χ2n) is 4.71. The Labute approximate surface area is 88.1 Å². The van der Waals surface area contributed by atoms with Crippen LogP contribution in [0.4, 0.5) is 0 Å². The van der Waals surface area contributed by atoms with Crippen LogP contribution in [0.15, 0.2) is 0 Å². The third-order valence-electron chi connectivity index (χ3n) is 3.56. The molecule has 0 N–H and O–H groups in total. The second-order valence-corrected chi connectivity index (χ2v) is 5.02. The molecule has 0 spiro atoms. The lowest BCUT2D eigenvalue weighted by atomic mass is 9.74. The van der Waals surface area contributed by atoms with Crippen LogP contribution in [0.2, 0.25) is 0 Å². The molecule has 1 heteroatoms. The second kappa shape index (κ2) is 5.90. The van der Waals surface area contributed by atoms with Crippen LogP contribution in [-0.2, 0) is 0 Å². The minimum Gasteiger partial charge on any atom is -0.126 e. The van der Waals surface area contributed by atoms with Gasteiger partial charge in [0.05, 0.1) is 0 Å². The summed E-state index contributed by atoms with van der Waals surface area (Å²) in [5.74, 6) is 3.54. The molecule has 3 atom stereocenters. The minimum atomic E-state index is 0.721. The van der Waals surface area contributed by atoms with Crippen LogP contribution >= 0.6 is 11.6 Å². The van der Waals surface area contributed by atoms with Gasteiger partial charge in [-0.1, -0.05) is 46.0 Å². The largest absolute Gasteiger partial charge is 0.126 e. The van der Waals surface area contributed by atoms with Crippen molar-refractivity contribution < 1.29 is 0 Å². The fraction of sp³-hybridized carbons (Fsp3) is 1.00. The van der Waals surface area contributed by atoms with E-state index in [-0.39, 0.29) is 0 Å².